The second-order valence-corrected chi connectivity index (χ2v) is 4.84. The van der Waals surface area contributed by atoms with E-state index in [4.69, 9.17) is 11.6 Å². The molecule has 19 heavy (non-hydrogen) atoms. The van der Waals surface area contributed by atoms with Crippen LogP contribution < -0.4 is 4.90 Å². The Balaban J connectivity index is 2.01. The molecule has 2 heterocycles. The summed E-state index contributed by atoms with van der Waals surface area (Å²) < 4.78 is 1.65. The van der Waals surface area contributed by atoms with Crippen LogP contribution in [0.2, 0.25) is 5.02 Å². The standard InChI is InChI=1S/C13H10ClN3O2/c1-16-6-8(5-15-16)7-17-11-4-9(14)2-3-10(11)12(18)13(17)19/h2-6H,7H2,1H3. The first kappa shape index (κ1) is 11.9. The maximum absolute atomic E-state index is 12.0. The van der Waals surface area contributed by atoms with E-state index in [1.807, 2.05) is 0 Å². The lowest BCUT2D eigenvalue weighted by atomic mass is 10.1. The molecule has 1 aromatic heterocycles. The SMILES string of the molecule is Cn1cc(CN2C(=O)C(=O)c3ccc(Cl)cc32)cn1. The zero-order valence-electron chi connectivity index (χ0n) is 10.1. The normalized spacial score (nSPS) is 14.1. The Labute approximate surface area is 114 Å². The largest absolute Gasteiger partial charge is 0.300 e. The van der Waals surface area contributed by atoms with Gasteiger partial charge in [0, 0.05) is 23.8 Å². The highest BCUT2D eigenvalue weighted by atomic mass is 35.5. The van der Waals surface area contributed by atoms with Gasteiger partial charge >= 0.3 is 0 Å². The molecule has 1 aliphatic heterocycles. The van der Waals surface area contributed by atoms with E-state index in [2.05, 4.69) is 5.10 Å². The van der Waals surface area contributed by atoms with Gasteiger partial charge in [0.05, 0.1) is 24.0 Å². The monoisotopic (exact) mass is 275 g/mol. The van der Waals surface area contributed by atoms with Crippen molar-refractivity contribution >= 4 is 29.0 Å². The van der Waals surface area contributed by atoms with Crippen molar-refractivity contribution in [3.05, 3.63) is 46.7 Å². The highest BCUT2D eigenvalue weighted by Gasteiger charge is 2.35. The van der Waals surface area contributed by atoms with Crippen molar-refractivity contribution in [3.63, 3.8) is 0 Å². The van der Waals surface area contributed by atoms with Crippen molar-refractivity contribution in [3.8, 4) is 0 Å². The average molecular weight is 276 g/mol. The van der Waals surface area contributed by atoms with Gasteiger partial charge < -0.3 is 4.90 Å². The lowest BCUT2D eigenvalue weighted by Crippen LogP contribution is -2.28. The van der Waals surface area contributed by atoms with E-state index in [9.17, 15) is 9.59 Å². The van der Waals surface area contributed by atoms with Crippen molar-refractivity contribution in [1.82, 2.24) is 9.78 Å². The maximum atomic E-state index is 12.0. The number of carbonyl (C=O) groups is 2. The van der Waals surface area contributed by atoms with Gasteiger partial charge in [0.2, 0.25) is 0 Å². The summed E-state index contributed by atoms with van der Waals surface area (Å²) in [7, 11) is 1.80. The first-order valence-corrected chi connectivity index (χ1v) is 6.07. The fourth-order valence-electron chi connectivity index (χ4n) is 2.16. The van der Waals surface area contributed by atoms with Crippen molar-refractivity contribution in [2.45, 2.75) is 6.54 Å². The summed E-state index contributed by atoms with van der Waals surface area (Å²) in [6, 6.07) is 4.83. The summed E-state index contributed by atoms with van der Waals surface area (Å²) >= 11 is 5.93. The van der Waals surface area contributed by atoms with E-state index in [1.165, 1.54) is 4.90 Å². The Kier molecular flexibility index (Phi) is 2.64. The number of hydrogen-bond donors (Lipinski definition) is 0. The number of Topliss-reactive ketones (excluding diaryl/α,β-unsaturated/α-hetero) is 1. The summed E-state index contributed by atoms with van der Waals surface area (Å²) in [5, 5.41) is 4.54. The van der Waals surface area contributed by atoms with Gasteiger partial charge in [-0.1, -0.05) is 11.6 Å². The molecule has 0 spiro atoms. The minimum atomic E-state index is -0.527. The van der Waals surface area contributed by atoms with Crippen LogP contribution >= 0.6 is 11.6 Å². The van der Waals surface area contributed by atoms with E-state index in [-0.39, 0.29) is 0 Å². The number of rotatable bonds is 2. The molecule has 1 aromatic carbocycles. The molecule has 6 heteroatoms. The Morgan fingerprint density at radius 1 is 1.32 bits per heavy atom. The number of carbonyl (C=O) groups excluding carboxylic acids is 2. The van der Waals surface area contributed by atoms with Crippen molar-refractivity contribution in [2.24, 2.45) is 7.05 Å². The Bertz CT molecular complexity index is 693. The quantitative estimate of drug-likeness (QED) is 0.786. The number of hydrogen-bond acceptors (Lipinski definition) is 3. The van der Waals surface area contributed by atoms with Crippen molar-refractivity contribution in [2.75, 3.05) is 4.90 Å². The van der Waals surface area contributed by atoms with E-state index in [0.29, 0.717) is 22.8 Å². The lowest BCUT2D eigenvalue weighted by molar-refractivity contribution is -0.114. The predicted molar refractivity (Wildman–Crippen MR) is 70.2 cm³/mol. The van der Waals surface area contributed by atoms with Crippen LogP contribution in [0.5, 0.6) is 0 Å². The fourth-order valence-corrected chi connectivity index (χ4v) is 2.33. The van der Waals surface area contributed by atoms with Gasteiger partial charge in [-0.15, -0.1) is 0 Å². The number of fused-ring (bicyclic) bond motifs is 1. The molecule has 0 unspecified atom stereocenters. The average Bonchev–Trinajstić information content (AvgIpc) is 2.88. The maximum Gasteiger partial charge on any atom is 0.299 e. The van der Waals surface area contributed by atoms with Crippen molar-refractivity contribution in [1.29, 1.82) is 0 Å². The lowest BCUT2D eigenvalue weighted by Gasteiger charge is -2.15. The Hall–Kier alpha value is -2.14. The molecule has 0 radical (unpaired) electrons. The van der Waals surface area contributed by atoms with Crippen LogP contribution in [-0.4, -0.2) is 21.5 Å². The van der Waals surface area contributed by atoms with Crippen LogP contribution in [0, 0.1) is 0 Å². The number of amides is 1. The molecule has 5 nitrogen and oxygen atoms in total. The molecule has 1 amide bonds. The van der Waals surface area contributed by atoms with Crippen molar-refractivity contribution < 1.29 is 9.59 Å². The topological polar surface area (TPSA) is 55.2 Å². The van der Waals surface area contributed by atoms with Crippen LogP contribution in [0.3, 0.4) is 0 Å². The zero-order valence-corrected chi connectivity index (χ0v) is 10.9. The van der Waals surface area contributed by atoms with Crippen LogP contribution in [0.1, 0.15) is 15.9 Å². The van der Waals surface area contributed by atoms with Crippen LogP contribution in [0.25, 0.3) is 0 Å². The molecule has 2 aromatic rings. The Morgan fingerprint density at radius 2 is 2.11 bits per heavy atom. The predicted octanol–water partition coefficient (Wildman–Crippen LogP) is 1.80. The third kappa shape index (κ3) is 1.92. The van der Waals surface area contributed by atoms with E-state index >= 15 is 0 Å². The van der Waals surface area contributed by atoms with Crippen LogP contribution in [0.4, 0.5) is 5.69 Å². The number of benzene rings is 1. The highest BCUT2D eigenvalue weighted by Crippen LogP contribution is 2.32. The highest BCUT2D eigenvalue weighted by molar-refractivity contribution is 6.52. The van der Waals surface area contributed by atoms with Gasteiger partial charge in [0.1, 0.15) is 0 Å². The van der Waals surface area contributed by atoms with Gasteiger partial charge in [0.25, 0.3) is 11.7 Å². The van der Waals surface area contributed by atoms with Crippen LogP contribution in [0.15, 0.2) is 30.6 Å². The molecule has 0 fully saturated rings. The van der Waals surface area contributed by atoms with E-state index in [0.717, 1.165) is 5.56 Å². The first-order chi connectivity index (χ1) is 9.06. The summed E-state index contributed by atoms with van der Waals surface area (Å²) in [5.74, 6) is -1.02. The third-order valence-corrected chi connectivity index (χ3v) is 3.27. The molecule has 0 N–H and O–H groups in total. The number of nitrogens with zero attached hydrogens (tertiary/aromatic N) is 3. The minimum Gasteiger partial charge on any atom is -0.300 e. The second-order valence-electron chi connectivity index (χ2n) is 4.40. The van der Waals surface area contributed by atoms with Gasteiger partial charge in [-0.05, 0) is 18.2 Å². The number of ketones is 1. The fraction of sp³-hybridized carbons (Fsp3) is 0.154. The van der Waals surface area contributed by atoms with E-state index in [1.54, 1.807) is 42.3 Å². The smallest absolute Gasteiger partial charge is 0.299 e. The molecule has 3 rings (SSSR count). The summed E-state index contributed by atoms with van der Waals surface area (Å²) in [6.45, 7) is 0.311. The zero-order chi connectivity index (χ0) is 13.6. The molecular weight excluding hydrogens is 266 g/mol. The summed E-state index contributed by atoms with van der Waals surface area (Å²) in [4.78, 5) is 25.3. The second kappa shape index (κ2) is 4.20. The molecule has 96 valence electrons. The third-order valence-electron chi connectivity index (χ3n) is 3.03. The first-order valence-electron chi connectivity index (χ1n) is 5.69. The van der Waals surface area contributed by atoms with Crippen LogP contribution in [-0.2, 0) is 18.4 Å². The minimum absolute atomic E-state index is 0.311. The molecule has 0 saturated carbocycles. The number of aromatic nitrogens is 2. The summed E-state index contributed by atoms with van der Waals surface area (Å²) in [5.41, 5.74) is 1.82. The van der Waals surface area contributed by atoms with E-state index < -0.39 is 11.7 Å². The molecule has 1 aliphatic rings. The van der Waals surface area contributed by atoms with Gasteiger partial charge in [-0.3, -0.25) is 14.3 Å². The molecular formula is C13H10ClN3O2. The Morgan fingerprint density at radius 3 is 2.79 bits per heavy atom. The van der Waals surface area contributed by atoms with Gasteiger partial charge in [-0.2, -0.15) is 5.10 Å². The molecule has 0 bridgehead atoms. The number of anilines is 1. The molecule has 0 aliphatic carbocycles. The molecule has 0 saturated heterocycles. The molecule has 0 atom stereocenters. The van der Waals surface area contributed by atoms with Gasteiger partial charge in [0.15, 0.2) is 0 Å². The number of halogens is 1. The number of aryl methyl sites for hydroxylation is 1. The summed E-state index contributed by atoms with van der Waals surface area (Å²) in [6.07, 6.45) is 3.47. The van der Waals surface area contributed by atoms with Gasteiger partial charge in [-0.25, -0.2) is 0 Å².